The molecule has 1 aromatic carbocycles. The minimum Gasteiger partial charge on any atom is -0.479 e. The number of imidazole rings is 1. The van der Waals surface area contributed by atoms with Gasteiger partial charge in [0.1, 0.15) is 23.3 Å². The van der Waals surface area contributed by atoms with Gasteiger partial charge in [0.2, 0.25) is 5.88 Å². The number of rotatable bonds is 4. The molecule has 158 valence electrons. The van der Waals surface area contributed by atoms with Crippen LogP contribution in [0.25, 0.3) is 17.2 Å². The van der Waals surface area contributed by atoms with Gasteiger partial charge in [-0.15, -0.1) is 5.10 Å². The molecule has 1 aliphatic heterocycles. The second-order valence-corrected chi connectivity index (χ2v) is 7.94. The van der Waals surface area contributed by atoms with Crippen molar-refractivity contribution < 1.29 is 13.9 Å². The Morgan fingerprint density at radius 2 is 2.10 bits per heavy atom. The average Bonchev–Trinajstić information content (AvgIpc) is 3.41. The maximum atomic E-state index is 13.7. The molecule has 0 radical (unpaired) electrons. The van der Waals surface area contributed by atoms with Gasteiger partial charge in [0.15, 0.2) is 11.6 Å². The molecule has 8 nitrogen and oxygen atoms in total. The van der Waals surface area contributed by atoms with Crippen LogP contribution in [0.3, 0.4) is 0 Å². The van der Waals surface area contributed by atoms with Crippen LogP contribution in [-0.4, -0.2) is 43.0 Å². The van der Waals surface area contributed by atoms with E-state index in [1.54, 1.807) is 25.6 Å². The SMILES string of the molecule is COc1nc(-c2nc3n(n2)CCO[C@@H]3c2ccc(F)c(Br)c2)ccc1-n1cnc(C)c1. The largest absolute Gasteiger partial charge is 0.479 e. The van der Waals surface area contributed by atoms with Crippen molar-refractivity contribution in [2.24, 2.45) is 0 Å². The Morgan fingerprint density at radius 3 is 2.84 bits per heavy atom. The maximum Gasteiger partial charge on any atom is 0.238 e. The van der Waals surface area contributed by atoms with Gasteiger partial charge in [0.25, 0.3) is 0 Å². The molecule has 4 aromatic rings. The van der Waals surface area contributed by atoms with E-state index in [2.05, 4.69) is 31.0 Å². The molecular formula is C21H18BrFN6O2. The molecule has 0 saturated heterocycles. The molecule has 0 unspecified atom stereocenters. The smallest absolute Gasteiger partial charge is 0.238 e. The van der Waals surface area contributed by atoms with E-state index in [4.69, 9.17) is 14.5 Å². The van der Waals surface area contributed by atoms with Crippen molar-refractivity contribution in [3.05, 3.63) is 70.2 Å². The normalized spacial score (nSPS) is 15.7. The number of ether oxygens (including phenoxy) is 2. The summed E-state index contributed by atoms with van der Waals surface area (Å²) in [6, 6.07) is 8.54. The number of aromatic nitrogens is 6. The van der Waals surface area contributed by atoms with Crippen molar-refractivity contribution in [1.82, 2.24) is 29.3 Å². The first kappa shape index (κ1) is 19.8. The van der Waals surface area contributed by atoms with Crippen LogP contribution >= 0.6 is 15.9 Å². The first-order chi connectivity index (χ1) is 15.0. The van der Waals surface area contributed by atoms with Crippen LogP contribution in [-0.2, 0) is 11.3 Å². The van der Waals surface area contributed by atoms with Gasteiger partial charge in [-0.05, 0) is 52.7 Å². The van der Waals surface area contributed by atoms with Gasteiger partial charge in [-0.25, -0.2) is 24.0 Å². The van der Waals surface area contributed by atoms with Gasteiger partial charge >= 0.3 is 0 Å². The third kappa shape index (κ3) is 3.61. The molecule has 0 fully saturated rings. The monoisotopic (exact) mass is 484 g/mol. The topological polar surface area (TPSA) is 79.9 Å². The fourth-order valence-electron chi connectivity index (χ4n) is 3.53. The molecule has 0 amide bonds. The van der Waals surface area contributed by atoms with Crippen molar-refractivity contribution >= 4 is 15.9 Å². The highest BCUT2D eigenvalue weighted by Crippen LogP contribution is 2.32. The van der Waals surface area contributed by atoms with E-state index in [1.165, 1.54) is 6.07 Å². The number of fused-ring (bicyclic) bond motifs is 1. The van der Waals surface area contributed by atoms with Crippen LogP contribution in [0.5, 0.6) is 5.88 Å². The number of pyridine rings is 1. The average molecular weight is 485 g/mol. The summed E-state index contributed by atoms with van der Waals surface area (Å²) in [5.74, 6) is 1.23. The molecule has 4 heterocycles. The fourth-order valence-corrected chi connectivity index (χ4v) is 3.93. The Hall–Kier alpha value is -3.11. The molecule has 0 bridgehead atoms. The summed E-state index contributed by atoms with van der Waals surface area (Å²) >= 11 is 3.23. The zero-order valence-electron chi connectivity index (χ0n) is 16.8. The van der Waals surface area contributed by atoms with Gasteiger partial charge < -0.3 is 14.0 Å². The minimum atomic E-state index is -0.443. The van der Waals surface area contributed by atoms with Crippen molar-refractivity contribution in [3.63, 3.8) is 0 Å². The van der Waals surface area contributed by atoms with Crippen LogP contribution in [0.15, 0.2) is 47.3 Å². The molecule has 0 aliphatic carbocycles. The predicted octanol–water partition coefficient (Wildman–Crippen LogP) is 3.86. The third-order valence-electron chi connectivity index (χ3n) is 5.02. The van der Waals surface area contributed by atoms with Crippen LogP contribution in [0.4, 0.5) is 4.39 Å². The van der Waals surface area contributed by atoms with E-state index in [0.717, 1.165) is 16.9 Å². The Morgan fingerprint density at radius 1 is 1.23 bits per heavy atom. The Bertz CT molecular complexity index is 1270. The summed E-state index contributed by atoms with van der Waals surface area (Å²) in [5.41, 5.74) is 3.05. The van der Waals surface area contributed by atoms with Crippen LogP contribution in [0, 0.1) is 12.7 Å². The maximum absolute atomic E-state index is 13.7. The number of hydrogen-bond acceptors (Lipinski definition) is 6. The molecule has 5 rings (SSSR count). The number of halogens is 2. The Kier molecular flexibility index (Phi) is 5.03. The van der Waals surface area contributed by atoms with E-state index in [9.17, 15) is 4.39 Å². The van der Waals surface area contributed by atoms with E-state index in [0.29, 0.717) is 40.8 Å². The summed E-state index contributed by atoms with van der Waals surface area (Å²) in [6.45, 7) is 2.97. The Balaban J connectivity index is 1.52. The highest BCUT2D eigenvalue weighted by atomic mass is 79.9. The van der Waals surface area contributed by atoms with Crippen LogP contribution in [0.1, 0.15) is 23.2 Å². The van der Waals surface area contributed by atoms with Gasteiger partial charge in [-0.3, -0.25) is 0 Å². The van der Waals surface area contributed by atoms with Crippen molar-refractivity contribution in [3.8, 4) is 23.1 Å². The molecule has 0 saturated carbocycles. The highest BCUT2D eigenvalue weighted by molar-refractivity contribution is 9.10. The lowest BCUT2D eigenvalue weighted by Gasteiger charge is -2.23. The zero-order valence-corrected chi connectivity index (χ0v) is 18.4. The summed E-state index contributed by atoms with van der Waals surface area (Å²) in [7, 11) is 1.57. The molecule has 10 heteroatoms. The predicted molar refractivity (Wildman–Crippen MR) is 114 cm³/mol. The van der Waals surface area contributed by atoms with Crippen molar-refractivity contribution in [2.45, 2.75) is 19.6 Å². The zero-order chi connectivity index (χ0) is 21.5. The minimum absolute atomic E-state index is 0.328. The molecule has 0 spiro atoms. The second-order valence-electron chi connectivity index (χ2n) is 7.09. The summed E-state index contributed by atoms with van der Waals surface area (Å²) < 4.78 is 29.1. The van der Waals surface area contributed by atoms with Gasteiger partial charge in [-0.2, -0.15) is 0 Å². The molecular weight excluding hydrogens is 467 g/mol. The second kappa shape index (κ2) is 7.86. The van der Waals surface area contributed by atoms with Gasteiger partial charge in [-0.1, -0.05) is 6.07 Å². The summed E-state index contributed by atoms with van der Waals surface area (Å²) in [5, 5.41) is 4.62. The molecule has 31 heavy (non-hydrogen) atoms. The van der Waals surface area contributed by atoms with E-state index >= 15 is 0 Å². The van der Waals surface area contributed by atoms with Crippen molar-refractivity contribution in [2.75, 3.05) is 13.7 Å². The van der Waals surface area contributed by atoms with Gasteiger partial charge in [0.05, 0.1) is 36.8 Å². The molecule has 0 N–H and O–H groups in total. The molecule has 1 aliphatic rings. The van der Waals surface area contributed by atoms with Crippen molar-refractivity contribution in [1.29, 1.82) is 0 Å². The first-order valence-corrected chi connectivity index (χ1v) is 10.4. The lowest BCUT2D eigenvalue weighted by atomic mass is 10.1. The number of hydrogen-bond donors (Lipinski definition) is 0. The quantitative estimate of drug-likeness (QED) is 0.437. The third-order valence-corrected chi connectivity index (χ3v) is 5.63. The summed E-state index contributed by atoms with van der Waals surface area (Å²) in [4.78, 5) is 13.6. The standard InChI is InChI=1S/C21H18BrFN6O2/c1-12-10-28(11-24-12)17-6-5-16(25-21(17)30-2)19-26-20-18(31-8-7-29(20)27-19)13-3-4-15(23)14(22)9-13/h3-6,9-11,18H,7-8H2,1-2H3/t18-/m1/s1. The lowest BCUT2D eigenvalue weighted by Crippen LogP contribution is -2.23. The molecule has 1 atom stereocenters. The number of nitrogens with zero attached hydrogens (tertiary/aromatic N) is 6. The summed E-state index contributed by atoms with van der Waals surface area (Å²) in [6.07, 6.45) is 3.17. The van der Waals surface area contributed by atoms with Crippen LogP contribution < -0.4 is 4.74 Å². The van der Waals surface area contributed by atoms with E-state index in [1.807, 2.05) is 34.5 Å². The number of methoxy groups -OCH3 is 1. The van der Waals surface area contributed by atoms with E-state index < -0.39 is 6.10 Å². The van der Waals surface area contributed by atoms with Gasteiger partial charge in [0, 0.05) is 6.20 Å². The van der Waals surface area contributed by atoms with Crippen LogP contribution in [0.2, 0.25) is 0 Å². The highest BCUT2D eigenvalue weighted by Gasteiger charge is 2.28. The number of aryl methyl sites for hydroxylation is 1. The first-order valence-electron chi connectivity index (χ1n) is 9.61. The Labute approximate surface area is 185 Å². The lowest BCUT2D eigenvalue weighted by molar-refractivity contribution is 0.0389. The fraction of sp³-hybridized carbons (Fsp3) is 0.238. The number of benzene rings is 1. The van der Waals surface area contributed by atoms with E-state index in [-0.39, 0.29) is 5.82 Å². The molecule has 3 aromatic heterocycles.